The minimum atomic E-state index is -0.681. The molecule has 104 valence electrons. The van der Waals surface area contributed by atoms with E-state index in [0.717, 1.165) is 18.8 Å². The van der Waals surface area contributed by atoms with Crippen molar-refractivity contribution < 1.29 is 9.53 Å². The predicted molar refractivity (Wildman–Crippen MR) is 76.6 cm³/mol. The molecule has 1 saturated heterocycles. The topological polar surface area (TPSA) is 79.3 Å². The second-order valence-corrected chi connectivity index (χ2v) is 4.51. The molecule has 1 aromatic carbocycles. The Labute approximate surface area is 118 Å². The van der Waals surface area contributed by atoms with Crippen molar-refractivity contribution in [1.82, 2.24) is 0 Å². The van der Waals surface area contributed by atoms with E-state index in [9.17, 15) is 4.79 Å². The summed E-state index contributed by atoms with van der Waals surface area (Å²) in [5.74, 6) is -0.681. The van der Waals surface area contributed by atoms with E-state index in [1.165, 1.54) is 6.42 Å². The first kappa shape index (κ1) is 13.9. The fraction of sp³-hybridized carbons (Fsp3) is 0.333. The second kappa shape index (κ2) is 6.11. The maximum absolute atomic E-state index is 11.6. The largest absolute Gasteiger partial charge is 0.462 e. The minimum absolute atomic E-state index is 0.149. The lowest BCUT2D eigenvalue weighted by atomic mass is 10.1. The lowest BCUT2D eigenvalue weighted by Gasteiger charge is -2.33. The minimum Gasteiger partial charge on any atom is -0.462 e. The van der Waals surface area contributed by atoms with Gasteiger partial charge in [-0.1, -0.05) is 12.1 Å². The van der Waals surface area contributed by atoms with Gasteiger partial charge in [0.1, 0.15) is 6.07 Å². The van der Waals surface area contributed by atoms with Crippen LogP contribution in [0.2, 0.25) is 0 Å². The van der Waals surface area contributed by atoms with Gasteiger partial charge in [0.05, 0.1) is 12.3 Å². The van der Waals surface area contributed by atoms with Gasteiger partial charge in [-0.15, -0.1) is 0 Å². The molecule has 0 aliphatic carbocycles. The van der Waals surface area contributed by atoms with Crippen LogP contribution in [0.4, 0.5) is 5.69 Å². The van der Waals surface area contributed by atoms with E-state index < -0.39 is 5.97 Å². The summed E-state index contributed by atoms with van der Waals surface area (Å²) in [5.41, 5.74) is 7.68. The van der Waals surface area contributed by atoms with Crippen molar-refractivity contribution in [2.45, 2.75) is 13.3 Å². The fourth-order valence-corrected chi connectivity index (χ4v) is 1.99. The van der Waals surface area contributed by atoms with Crippen molar-refractivity contribution in [3.05, 3.63) is 35.4 Å². The van der Waals surface area contributed by atoms with Crippen LogP contribution < -0.4 is 10.6 Å². The Morgan fingerprint density at radius 1 is 1.40 bits per heavy atom. The average molecular weight is 271 g/mol. The van der Waals surface area contributed by atoms with Crippen LogP contribution in [0, 0.1) is 11.3 Å². The monoisotopic (exact) mass is 271 g/mol. The van der Waals surface area contributed by atoms with E-state index >= 15 is 0 Å². The molecule has 2 rings (SSSR count). The Kier molecular flexibility index (Phi) is 4.26. The Hall–Kier alpha value is -2.48. The van der Waals surface area contributed by atoms with Gasteiger partial charge in [0, 0.05) is 18.8 Å². The number of esters is 1. The van der Waals surface area contributed by atoms with Gasteiger partial charge in [-0.25, -0.2) is 4.79 Å². The zero-order valence-electron chi connectivity index (χ0n) is 11.4. The molecule has 5 nitrogen and oxygen atoms in total. The van der Waals surface area contributed by atoms with Crippen molar-refractivity contribution >= 4 is 17.4 Å². The lowest BCUT2D eigenvalue weighted by Crippen LogP contribution is -2.36. The zero-order chi connectivity index (χ0) is 14.5. The lowest BCUT2D eigenvalue weighted by molar-refractivity contribution is -0.137. The molecule has 5 heteroatoms. The molecule has 20 heavy (non-hydrogen) atoms. The molecular formula is C15H17N3O2. The highest BCUT2D eigenvalue weighted by Gasteiger charge is 2.17. The van der Waals surface area contributed by atoms with Gasteiger partial charge in [-0.05, 0) is 31.0 Å². The van der Waals surface area contributed by atoms with Crippen LogP contribution in [-0.4, -0.2) is 25.7 Å². The third kappa shape index (κ3) is 2.75. The maximum Gasteiger partial charge on any atom is 0.351 e. The molecule has 0 saturated carbocycles. The van der Waals surface area contributed by atoms with Crippen LogP contribution >= 0.6 is 0 Å². The van der Waals surface area contributed by atoms with E-state index in [1.807, 2.05) is 30.3 Å². The number of carbonyl (C=O) groups is 1. The number of hydrogen-bond acceptors (Lipinski definition) is 5. The van der Waals surface area contributed by atoms with Gasteiger partial charge < -0.3 is 15.4 Å². The number of rotatable bonds is 4. The molecule has 1 heterocycles. The first-order valence-electron chi connectivity index (χ1n) is 6.59. The molecule has 1 aliphatic heterocycles. The van der Waals surface area contributed by atoms with Gasteiger partial charge in [0.15, 0.2) is 5.57 Å². The third-order valence-electron chi connectivity index (χ3n) is 3.26. The number of nitriles is 1. The molecule has 0 atom stereocenters. The Morgan fingerprint density at radius 2 is 2.05 bits per heavy atom. The van der Waals surface area contributed by atoms with Crippen LogP contribution in [0.3, 0.4) is 0 Å². The Balaban J connectivity index is 2.24. The summed E-state index contributed by atoms with van der Waals surface area (Å²) >= 11 is 0. The van der Waals surface area contributed by atoms with Gasteiger partial charge in [0.2, 0.25) is 0 Å². The zero-order valence-corrected chi connectivity index (χ0v) is 11.4. The van der Waals surface area contributed by atoms with Crippen LogP contribution in [0.1, 0.15) is 18.9 Å². The number of anilines is 1. The van der Waals surface area contributed by atoms with Gasteiger partial charge in [-0.2, -0.15) is 5.26 Å². The highest BCUT2D eigenvalue weighted by atomic mass is 16.5. The molecule has 0 amide bonds. The highest BCUT2D eigenvalue weighted by molar-refractivity contribution is 6.01. The maximum atomic E-state index is 11.6. The van der Waals surface area contributed by atoms with Crippen molar-refractivity contribution in [2.24, 2.45) is 5.73 Å². The van der Waals surface area contributed by atoms with Crippen LogP contribution in [0.25, 0.3) is 5.70 Å². The van der Waals surface area contributed by atoms with Crippen molar-refractivity contribution in [1.29, 1.82) is 5.26 Å². The van der Waals surface area contributed by atoms with E-state index in [1.54, 1.807) is 6.92 Å². The van der Waals surface area contributed by atoms with E-state index in [4.69, 9.17) is 15.7 Å². The molecule has 2 N–H and O–H groups in total. The normalized spacial score (nSPS) is 14.9. The third-order valence-corrected chi connectivity index (χ3v) is 3.26. The first-order valence-corrected chi connectivity index (χ1v) is 6.59. The van der Waals surface area contributed by atoms with Crippen molar-refractivity contribution in [3.63, 3.8) is 0 Å². The second-order valence-electron chi connectivity index (χ2n) is 4.51. The molecule has 0 bridgehead atoms. The summed E-state index contributed by atoms with van der Waals surface area (Å²) < 4.78 is 4.82. The number of benzene rings is 1. The number of hydrogen-bond donors (Lipinski definition) is 1. The average Bonchev–Trinajstić information content (AvgIpc) is 2.38. The standard InChI is InChI=1S/C15H17N3O2/c1-2-20-15(19)13(10-16)14(17)11-4-6-12(7-5-11)18-8-3-9-18/h4-7H,2-3,8-9,17H2,1H3/b14-13-. The van der Waals surface area contributed by atoms with Crippen LogP contribution in [-0.2, 0) is 9.53 Å². The summed E-state index contributed by atoms with van der Waals surface area (Å²) in [6.07, 6.45) is 1.21. The predicted octanol–water partition coefficient (Wildman–Crippen LogP) is 1.65. The SMILES string of the molecule is CCOC(=O)/C(C#N)=C(\N)c1ccc(N2CCC2)cc1. The summed E-state index contributed by atoms with van der Waals surface area (Å²) in [5, 5.41) is 9.05. The first-order chi connectivity index (χ1) is 9.67. The quantitative estimate of drug-likeness (QED) is 0.512. The van der Waals surface area contributed by atoms with Crippen molar-refractivity contribution in [2.75, 3.05) is 24.6 Å². The Bertz CT molecular complexity index is 566. The molecule has 0 unspecified atom stereocenters. The summed E-state index contributed by atoms with van der Waals surface area (Å²) in [4.78, 5) is 13.9. The number of carbonyl (C=O) groups excluding carboxylic acids is 1. The fourth-order valence-electron chi connectivity index (χ4n) is 1.99. The van der Waals surface area contributed by atoms with E-state index in [-0.39, 0.29) is 17.9 Å². The molecule has 1 aromatic rings. The number of nitrogens with zero attached hydrogens (tertiary/aromatic N) is 2. The van der Waals surface area contributed by atoms with Gasteiger partial charge in [-0.3, -0.25) is 0 Å². The smallest absolute Gasteiger partial charge is 0.351 e. The van der Waals surface area contributed by atoms with Gasteiger partial charge >= 0.3 is 5.97 Å². The number of nitrogens with two attached hydrogens (primary N) is 1. The summed E-state index contributed by atoms with van der Waals surface area (Å²) in [7, 11) is 0. The molecule has 1 aliphatic rings. The van der Waals surface area contributed by atoms with E-state index in [0.29, 0.717) is 5.56 Å². The van der Waals surface area contributed by atoms with E-state index in [2.05, 4.69) is 4.90 Å². The molecule has 0 aromatic heterocycles. The molecule has 0 radical (unpaired) electrons. The van der Waals surface area contributed by atoms with Crippen LogP contribution in [0.5, 0.6) is 0 Å². The Morgan fingerprint density at radius 3 is 2.50 bits per heavy atom. The highest BCUT2D eigenvalue weighted by Crippen LogP contribution is 2.23. The van der Waals surface area contributed by atoms with Gasteiger partial charge in [0.25, 0.3) is 0 Å². The molecule has 1 fully saturated rings. The summed E-state index contributed by atoms with van der Waals surface area (Å²) in [6, 6.07) is 9.34. The molecule has 0 spiro atoms. The van der Waals surface area contributed by atoms with Crippen molar-refractivity contribution in [3.8, 4) is 6.07 Å². The number of ether oxygens (including phenoxy) is 1. The molecular weight excluding hydrogens is 254 g/mol. The summed E-state index contributed by atoms with van der Waals surface area (Å²) in [6.45, 7) is 4.03. The van der Waals surface area contributed by atoms with Crippen LogP contribution in [0.15, 0.2) is 29.8 Å².